The van der Waals surface area contributed by atoms with E-state index in [4.69, 9.17) is 10.2 Å². The van der Waals surface area contributed by atoms with Crippen molar-refractivity contribution < 1.29 is 15.0 Å². The number of carboxylic acids is 1. The van der Waals surface area contributed by atoms with Gasteiger partial charge in [0.1, 0.15) is 6.33 Å². The molecule has 0 saturated heterocycles. The van der Waals surface area contributed by atoms with Crippen LogP contribution in [-0.4, -0.2) is 26.2 Å². The van der Waals surface area contributed by atoms with Gasteiger partial charge in [0, 0.05) is 12.3 Å². The fourth-order valence-electron chi connectivity index (χ4n) is 0.588. The average molecular weight is 166 g/mol. The van der Waals surface area contributed by atoms with Crippen LogP contribution in [0.2, 0.25) is 0 Å². The van der Waals surface area contributed by atoms with Crippen LogP contribution in [0.15, 0.2) is 24.3 Å². The lowest BCUT2D eigenvalue weighted by Gasteiger charge is -1.91. The zero-order valence-electron chi connectivity index (χ0n) is 6.01. The number of aliphatic carboxylic acids is 1. The number of aromatic nitrogens is 2. The molecule has 0 saturated carbocycles. The predicted molar refractivity (Wildman–Crippen MR) is 40.3 cm³/mol. The molecule has 5 nitrogen and oxygen atoms in total. The quantitative estimate of drug-likeness (QED) is 0.492. The minimum absolute atomic E-state index is 0.352. The lowest BCUT2D eigenvalue weighted by molar-refractivity contribution is -0.135. The SMILES string of the molecule is O=C(O)C(O)=Cc1ccncn1. The lowest BCUT2D eigenvalue weighted by atomic mass is 10.3. The van der Waals surface area contributed by atoms with Crippen molar-refractivity contribution in [2.75, 3.05) is 0 Å². The second-order valence-electron chi connectivity index (χ2n) is 1.97. The zero-order valence-corrected chi connectivity index (χ0v) is 6.01. The second-order valence-corrected chi connectivity index (χ2v) is 1.97. The molecule has 1 aromatic heterocycles. The Morgan fingerprint density at radius 2 is 2.25 bits per heavy atom. The first-order chi connectivity index (χ1) is 5.70. The summed E-state index contributed by atoms with van der Waals surface area (Å²) in [5, 5.41) is 17.1. The van der Waals surface area contributed by atoms with Crippen LogP contribution in [0.1, 0.15) is 5.69 Å². The van der Waals surface area contributed by atoms with E-state index in [1.165, 1.54) is 18.6 Å². The molecule has 1 heterocycles. The first-order valence-corrected chi connectivity index (χ1v) is 3.10. The Labute approximate surface area is 68.0 Å². The second kappa shape index (κ2) is 3.47. The Balaban J connectivity index is 2.89. The summed E-state index contributed by atoms with van der Waals surface area (Å²) in [6.07, 6.45) is 3.76. The molecule has 62 valence electrons. The normalized spacial score (nSPS) is 11.2. The number of aliphatic hydroxyl groups is 1. The summed E-state index contributed by atoms with van der Waals surface area (Å²) in [4.78, 5) is 17.5. The van der Waals surface area contributed by atoms with Crippen molar-refractivity contribution in [3.8, 4) is 0 Å². The molecular weight excluding hydrogens is 160 g/mol. The van der Waals surface area contributed by atoms with Crippen LogP contribution < -0.4 is 0 Å². The summed E-state index contributed by atoms with van der Waals surface area (Å²) >= 11 is 0. The van der Waals surface area contributed by atoms with Crippen LogP contribution in [0.4, 0.5) is 0 Å². The Hall–Kier alpha value is -1.91. The molecular formula is C7H6N2O3. The molecule has 12 heavy (non-hydrogen) atoms. The largest absolute Gasteiger partial charge is 0.502 e. The van der Waals surface area contributed by atoms with Crippen molar-refractivity contribution >= 4 is 12.0 Å². The van der Waals surface area contributed by atoms with Gasteiger partial charge in [0.15, 0.2) is 0 Å². The molecule has 0 spiro atoms. The highest BCUT2D eigenvalue weighted by Gasteiger charge is 2.02. The van der Waals surface area contributed by atoms with Crippen LogP contribution in [0, 0.1) is 0 Å². The highest BCUT2D eigenvalue weighted by atomic mass is 16.4. The highest BCUT2D eigenvalue weighted by Crippen LogP contribution is 1.99. The van der Waals surface area contributed by atoms with Gasteiger partial charge in [-0.05, 0) is 6.07 Å². The molecule has 0 aliphatic heterocycles. The molecule has 5 heteroatoms. The number of aliphatic hydroxyl groups excluding tert-OH is 1. The maximum atomic E-state index is 10.1. The average Bonchev–Trinajstić information content (AvgIpc) is 2.06. The number of hydrogen-bond acceptors (Lipinski definition) is 4. The Morgan fingerprint density at radius 1 is 1.50 bits per heavy atom. The summed E-state index contributed by atoms with van der Waals surface area (Å²) in [5.41, 5.74) is 0.352. The summed E-state index contributed by atoms with van der Waals surface area (Å²) < 4.78 is 0. The fraction of sp³-hybridized carbons (Fsp3) is 0. The molecule has 0 aliphatic carbocycles. The number of hydrogen-bond donors (Lipinski definition) is 2. The molecule has 0 radical (unpaired) electrons. The first-order valence-electron chi connectivity index (χ1n) is 3.10. The van der Waals surface area contributed by atoms with E-state index in [0.717, 1.165) is 6.08 Å². The van der Waals surface area contributed by atoms with E-state index in [0.29, 0.717) is 5.69 Å². The molecule has 1 rings (SSSR count). The Bertz CT molecular complexity index is 308. The highest BCUT2D eigenvalue weighted by molar-refractivity contribution is 5.88. The summed E-state index contributed by atoms with van der Waals surface area (Å²) in [5.74, 6) is -2.12. The molecule has 0 atom stereocenters. The van der Waals surface area contributed by atoms with Crippen molar-refractivity contribution in [2.45, 2.75) is 0 Å². The third kappa shape index (κ3) is 2.05. The number of rotatable bonds is 2. The molecule has 0 fully saturated rings. The van der Waals surface area contributed by atoms with Gasteiger partial charge in [0.05, 0.1) is 5.69 Å². The van der Waals surface area contributed by atoms with Gasteiger partial charge in [-0.15, -0.1) is 0 Å². The zero-order chi connectivity index (χ0) is 8.97. The van der Waals surface area contributed by atoms with E-state index < -0.39 is 11.7 Å². The van der Waals surface area contributed by atoms with Crippen molar-refractivity contribution in [1.29, 1.82) is 0 Å². The number of carbonyl (C=O) groups is 1. The van der Waals surface area contributed by atoms with Gasteiger partial charge in [-0.2, -0.15) is 0 Å². The van der Waals surface area contributed by atoms with E-state index in [1.54, 1.807) is 0 Å². The van der Waals surface area contributed by atoms with Crippen LogP contribution in [0.25, 0.3) is 6.08 Å². The minimum atomic E-state index is -1.38. The summed E-state index contributed by atoms with van der Waals surface area (Å²) in [6.45, 7) is 0. The van der Waals surface area contributed by atoms with Gasteiger partial charge in [-0.1, -0.05) is 0 Å². The molecule has 1 aromatic rings. The smallest absolute Gasteiger partial charge is 0.371 e. The third-order valence-corrected chi connectivity index (χ3v) is 1.11. The monoisotopic (exact) mass is 166 g/mol. The summed E-state index contributed by atoms with van der Waals surface area (Å²) in [7, 11) is 0. The number of carboxylic acid groups (broad SMARTS) is 1. The molecule has 0 bridgehead atoms. The van der Waals surface area contributed by atoms with Gasteiger partial charge in [-0.3, -0.25) is 0 Å². The van der Waals surface area contributed by atoms with Gasteiger partial charge in [0.25, 0.3) is 0 Å². The van der Waals surface area contributed by atoms with Crippen LogP contribution >= 0.6 is 0 Å². The van der Waals surface area contributed by atoms with Gasteiger partial charge < -0.3 is 10.2 Å². The maximum absolute atomic E-state index is 10.1. The minimum Gasteiger partial charge on any atom is -0.502 e. The Kier molecular flexibility index (Phi) is 2.37. The maximum Gasteiger partial charge on any atom is 0.371 e. The summed E-state index contributed by atoms with van der Waals surface area (Å²) in [6, 6.07) is 1.49. The van der Waals surface area contributed by atoms with E-state index in [-0.39, 0.29) is 0 Å². The molecule has 0 aromatic carbocycles. The van der Waals surface area contributed by atoms with Crippen LogP contribution in [-0.2, 0) is 4.79 Å². The van der Waals surface area contributed by atoms with Gasteiger partial charge in [0.2, 0.25) is 5.76 Å². The van der Waals surface area contributed by atoms with Crippen molar-refractivity contribution in [3.05, 3.63) is 30.0 Å². The van der Waals surface area contributed by atoms with Crippen LogP contribution in [0.3, 0.4) is 0 Å². The van der Waals surface area contributed by atoms with E-state index in [2.05, 4.69) is 9.97 Å². The fourth-order valence-corrected chi connectivity index (χ4v) is 0.588. The topological polar surface area (TPSA) is 83.3 Å². The van der Waals surface area contributed by atoms with Crippen molar-refractivity contribution in [2.24, 2.45) is 0 Å². The number of nitrogens with zero attached hydrogens (tertiary/aromatic N) is 2. The van der Waals surface area contributed by atoms with Gasteiger partial charge in [-0.25, -0.2) is 14.8 Å². The lowest BCUT2D eigenvalue weighted by Crippen LogP contribution is -1.98. The van der Waals surface area contributed by atoms with E-state index >= 15 is 0 Å². The standard InChI is InChI=1S/C7H6N2O3/c10-6(7(11)12)3-5-1-2-8-4-9-5/h1-4,10H,(H,11,12). The van der Waals surface area contributed by atoms with Gasteiger partial charge >= 0.3 is 5.97 Å². The third-order valence-electron chi connectivity index (χ3n) is 1.11. The van der Waals surface area contributed by atoms with Crippen molar-refractivity contribution in [3.63, 3.8) is 0 Å². The van der Waals surface area contributed by atoms with Crippen molar-refractivity contribution in [1.82, 2.24) is 9.97 Å². The molecule has 0 unspecified atom stereocenters. The first kappa shape index (κ1) is 8.19. The van der Waals surface area contributed by atoms with E-state index in [9.17, 15) is 4.79 Å². The Morgan fingerprint density at radius 3 is 2.75 bits per heavy atom. The predicted octanol–water partition coefficient (Wildman–Crippen LogP) is 0.460. The molecule has 0 amide bonds. The van der Waals surface area contributed by atoms with E-state index in [1.807, 2.05) is 0 Å². The molecule has 0 aliphatic rings. The van der Waals surface area contributed by atoms with Crippen LogP contribution in [0.5, 0.6) is 0 Å². The molecule has 2 N–H and O–H groups in total.